The van der Waals surface area contributed by atoms with E-state index in [4.69, 9.17) is 34.1 Å². The number of oxime groups is 1. The molecule has 0 spiro atoms. The summed E-state index contributed by atoms with van der Waals surface area (Å²) in [6, 6.07) is 3.04. The van der Waals surface area contributed by atoms with Gasteiger partial charge in [-0.05, 0) is 25.1 Å². The fourth-order valence-corrected chi connectivity index (χ4v) is 3.07. The number of amidine groups is 1. The second kappa shape index (κ2) is 5.75. The van der Waals surface area contributed by atoms with E-state index >= 15 is 0 Å². The van der Waals surface area contributed by atoms with Gasteiger partial charge in [0, 0.05) is 10.0 Å². The van der Waals surface area contributed by atoms with Crippen LogP contribution in [0, 0.1) is 0 Å². The zero-order valence-corrected chi connectivity index (χ0v) is 11.6. The van der Waals surface area contributed by atoms with E-state index in [1.165, 1.54) is 25.1 Å². The molecule has 9 heteroatoms. The van der Waals surface area contributed by atoms with Gasteiger partial charge in [-0.15, -0.1) is 0 Å². The molecular weight excluding hydrogens is 301 g/mol. The SMILES string of the molecule is CC(NS(=O)(=O)c1cc(Cl)cc(Cl)c1)/C(N)=N/O. The maximum absolute atomic E-state index is 11.9. The van der Waals surface area contributed by atoms with Gasteiger partial charge < -0.3 is 10.9 Å². The summed E-state index contributed by atoms with van der Waals surface area (Å²) in [4.78, 5) is -0.0995. The maximum atomic E-state index is 11.9. The third-order valence-electron chi connectivity index (χ3n) is 2.04. The molecule has 0 heterocycles. The van der Waals surface area contributed by atoms with Crippen LogP contribution in [0.5, 0.6) is 0 Å². The first-order valence-electron chi connectivity index (χ1n) is 4.72. The molecule has 0 radical (unpaired) electrons. The Morgan fingerprint density at radius 1 is 1.39 bits per heavy atom. The van der Waals surface area contributed by atoms with Crippen LogP contribution in [0.4, 0.5) is 0 Å². The van der Waals surface area contributed by atoms with Crippen molar-refractivity contribution in [2.24, 2.45) is 10.9 Å². The molecule has 0 fully saturated rings. The van der Waals surface area contributed by atoms with E-state index in [9.17, 15) is 8.42 Å². The van der Waals surface area contributed by atoms with Crippen molar-refractivity contribution in [2.75, 3.05) is 0 Å². The molecule has 0 amide bonds. The third kappa shape index (κ3) is 3.74. The number of halogens is 2. The number of nitrogens with zero attached hydrogens (tertiary/aromatic N) is 1. The molecule has 0 saturated heterocycles. The first-order chi connectivity index (χ1) is 8.26. The lowest BCUT2D eigenvalue weighted by Crippen LogP contribution is -2.42. The number of rotatable bonds is 4. The molecule has 0 aliphatic rings. The molecule has 0 aliphatic carbocycles. The highest BCUT2D eigenvalue weighted by Gasteiger charge is 2.20. The smallest absolute Gasteiger partial charge is 0.241 e. The molecule has 0 bridgehead atoms. The van der Waals surface area contributed by atoms with Gasteiger partial charge in [-0.1, -0.05) is 28.4 Å². The van der Waals surface area contributed by atoms with E-state index < -0.39 is 16.1 Å². The van der Waals surface area contributed by atoms with Crippen LogP contribution in [0.1, 0.15) is 6.92 Å². The molecule has 1 unspecified atom stereocenters. The van der Waals surface area contributed by atoms with Crippen LogP contribution in [-0.4, -0.2) is 25.5 Å². The highest BCUT2D eigenvalue weighted by Crippen LogP contribution is 2.22. The summed E-state index contributed by atoms with van der Waals surface area (Å²) in [5.74, 6) is -0.258. The summed E-state index contributed by atoms with van der Waals surface area (Å²) in [6.45, 7) is 1.43. The number of hydrogen-bond donors (Lipinski definition) is 3. The zero-order chi connectivity index (χ0) is 13.9. The molecule has 100 valence electrons. The maximum Gasteiger partial charge on any atom is 0.241 e. The molecule has 0 aromatic heterocycles. The Hall–Kier alpha value is -1.02. The summed E-state index contributed by atoms with van der Waals surface area (Å²) >= 11 is 11.4. The predicted molar refractivity (Wildman–Crippen MR) is 69.7 cm³/mol. The monoisotopic (exact) mass is 311 g/mol. The Bertz CT molecular complexity index is 554. The van der Waals surface area contributed by atoms with Crippen LogP contribution in [0.2, 0.25) is 10.0 Å². The first-order valence-corrected chi connectivity index (χ1v) is 6.96. The highest BCUT2D eigenvalue weighted by molar-refractivity contribution is 7.89. The van der Waals surface area contributed by atoms with Gasteiger partial charge in [0.15, 0.2) is 5.84 Å². The summed E-state index contributed by atoms with van der Waals surface area (Å²) in [7, 11) is -3.85. The molecule has 0 aliphatic heterocycles. The van der Waals surface area contributed by atoms with Crippen molar-refractivity contribution in [2.45, 2.75) is 17.9 Å². The van der Waals surface area contributed by atoms with Gasteiger partial charge in [-0.3, -0.25) is 0 Å². The number of nitrogens with one attached hydrogen (secondary N) is 1. The van der Waals surface area contributed by atoms with Crippen molar-refractivity contribution in [1.29, 1.82) is 0 Å². The van der Waals surface area contributed by atoms with E-state index in [2.05, 4.69) is 9.88 Å². The molecule has 6 nitrogen and oxygen atoms in total. The first kappa shape index (κ1) is 15.0. The zero-order valence-electron chi connectivity index (χ0n) is 9.26. The van der Waals surface area contributed by atoms with Gasteiger partial charge in [0.25, 0.3) is 0 Å². The van der Waals surface area contributed by atoms with Crippen LogP contribution in [0.25, 0.3) is 0 Å². The summed E-state index contributed by atoms with van der Waals surface area (Å²) in [6.07, 6.45) is 0. The molecular formula is C9H11Cl2N3O3S. The highest BCUT2D eigenvalue weighted by atomic mass is 35.5. The van der Waals surface area contributed by atoms with Gasteiger partial charge in [-0.25, -0.2) is 13.1 Å². The lowest BCUT2D eigenvalue weighted by molar-refractivity contribution is 0.316. The topological polar surface area (TPSA) is 105 Å². The minimum absolute atomic E-state index is 0.0995. The van der Waals surface area contributed by atoms with Crippen molar-refractivity contribution in [1.82, 2.24) is 4.72 Å². The number of sulfonamides is 1. The Balaban J connectivity index is 3.07. The Kier molecular flexibility index (Phi) is 4.80. The second-order valence-corrected chi connectivity index (χ2v) is 6.06. The Morgan fingerprint density at radius 2 is 1.89 bits per heavy atom. The molecule has 4 N–H and O–H groups in total. The number of hydrogen-bond acceptors (Lipinski definition) is 4. The molecule has 1 rings (SSSR count). The second-order valence-electron chi connectivity index (χ2n) is 3.47. The van der Waals surface area contributed by atoms with E-state index in [0.29, 0.717) is 0 Å². The van der Waals surface area contributed by atoms with E-state index in [-0.39, 0.29) is 20.8 Å². The minimum Gasteiger partial charge on any atom is -0.409 e. The molecule has 1 aromatic rings. The summed E-state index contributed by atoms with van der Waals surface area (Å²) in [5.41, 5.74) is 5.28. The summed E-state index contributed by atoms with van der Waals surface area (Å²) < 4.78 is 26.1. The molecule has 0 saturated carbocycles. The fourth-order valence-electron chi connectivity index (χ4n) is 1.13. The van der Waals surface area contributed by atoms with Crippen LogP contribution in [0.15, 0.2) is 28.3 Å². The predicted octanol–water partition coefficient (Wildman–Crippen LogP) is 1.41. The van der Waals surface area contributed by atoms with Crippen LogP contribution >= 0.6 is 23.2 Å². The van der Waals surface area contributed by atoms with Crippen LogP contribution in [0.3, 0.4) is 0 Å². The van der Waals surface area contributed by atoms with Crippen molar-refractivity contribution in [3.63, 3.8) is 0 Å². The quantitative estimate of drug-likeness (QED) is 0.338. The van der Waals surface area contributed by atoms with E-state index in [0.717, 1.165) is 0 Å². The molecule has 1 aromatic carbocycles. The van der Waals surface area contributed by atoms with Crippen LogP contribution in [-0.2, 0) is 10.0 Å². The lowest BCUT2D eigenvalue weighted by atomic mass is 10.3. The van der Waals surface area contributed by atoms with Gasteiger partial charge in [-0.2, -0.15) is 0 Å². The standard InChI is InChI=1S/C9H11Cl2N3O3S/c1-5(9(12)13-15)14-18(16,17)8-3-6(10)2-7(11)4-8/h2-5,14-15H,1H3,(H2,12,13). The fraction of sp³-hybridized carbons (Fsp3) is 0.222. The van der Waals surface area contributed by atoms with Crippen molar-refractivity contribution in [3.05, 3.63) is 28.2 Å². The average Bonchev–Trinajstić information content (AvgIpc) is 2.26. The van der Waals surface area contributed by atoms with Crippen molar-refractivity contribution >= 4 is 39.1 Å². The van der Waals surface area contributed by atoms with Gasteiger partial charge in [0.05, 0.1) is 10.9 Å². The summed E-state index contributed by atoms with van der Waals surface area (Å²) in [5, 5.41) is 11.6. The minimum atomic E-state index is -3.85. The average molecular weight is 312 g/mol. The van der Waals surface area contributed by atoms with Crippen LogP contribution < -0.4 is 10.5 Å². The largest absolute Gasteiger partial charge is 0.409 e. The van der Waals surface area contributed by atoms with Gasteiger partial charge >= 0.3 is 0 Å². The van der Waals surface area contributed by atoms with Gasteiger partial charge in [0.2, 0.25) is 10.0 Å². The normalized spacial score (nSPS) is 14.5. The molecule has 18 heavy (non-hydrogen) atoms. The number of nitrogens with two attached hydrogens (primary N) is 1. The Morgan fingerprint density at radius 3 is 2.33 bits per heavy atom. The van der Waals surface area contributed by atoms with Crippen molar-refractivity contribution in [3.8, 4) is 0 Å². The Labute approximate surface area is 114 Å². The third-order valence-corrected chi connectivity index (χ3v) is 3.99. The van der Waals surface area contributed by atoms with Gasteiger partial charge in [0.1, 0.15) is 0 Å². The number of benzene rings is 1. The lowest BCUT2D eigenvalue weighted by Gasteiger charge is -2.13. The molecule has 1 atom stereocenters. The van der Waals surface area contributed by atoms with Crippen molar-refractivity contribution < 1.29 is 13.6 Å². The van der Waals surface area contributed by atoms with E-state index in [1.807, 2.05) is 0 Å². The van der Waals surface area contributed by atoms with E-state index in [1.54, 1.807) is 0 Å².